The monoisotopic (exact) mass is 299 g/mol. The highest BCUT2D eigenvalue weighted by Gasteiger charge is 2.15. The zero-order valence-corrected chi connectivity index (χ0v) is 12.9. The van der Waals surface area contributed by atoms with Gasteiger partial charge in [0.25, 0.3) is 5.91 Å². The fraction of sp³-hybridized carbons (Fsp3) is 0.615. The van der Waals surface area contributed by atoms with Crippen molar-refractivity contribution in [1.82, 2.24) is 15.1 Å². The summed E-state index contributed by atoms with van der Waals surface area (Å²) < 4.78 is 1.69. The van der Waals surface area contributed by atoms with Crippen molar-refractivity contribution < 1.29 is 14.7 Å². The highest BCUT2D eigenvalue weighted by atomic mass is 32.2. The van der Waals surface area contributed by atoms with E-state index in [0.29, 0.717) is 24.5 Å². The van der Waals surface area contributed by atoms with Gasteiger partial charge in [-0.2, -0.15) is 5.10 Å². The zero-order chi connectivity index (χ0) is 15.1. The molecule has 20 heavy (non-hydrogen) atoms. The Labute approximate surface area is 122 Å². The van der Waals surface area contributed by atoms with Crippen molar-refractivity contribution in [3.8, 4) is 0 Å². The molecule has 0 radical (unpaired) electrons. The Hall–Kier alpha value is -1.50. The second-order valence-corrected chi connectivity index (χ2v) is 5.73. The van der Waals surface area contributed by atoms with Crippen LogP contribution >= 0.6 is 11.8 Å². The maximum Gasteiger partial charge on any atom is 0.313 e. The number of hydrogen-bond acceptors (Lipinski definition) is 4. The van der Waals surface area contributed by atoms with E-state index in [0.717, 1.165) is 5.69 Å². The second kappa shape index (κ2) is 7.94. The fourth-order valence-corrected chi connectivity index (χ4v) is 2.19. The van der Waals surface area contributed by atoms with Gasteiger partial charge < -0.3 is 10.4 Å². The molecule has 0 aliphatic heterocycles. The predicted molar refractivity (Wildman–Crippen MR) is 79.3 cm³/mol. The first-order valence-electron chi connectivity index (χ1n) is 6.61. The van der Waals surface area contributed by atoms with Gasteiger partial charge in [-0.05, 0) is 18.9 Å². The smallest absolute Gasteiger partial charge is 0.313 e. The largest absolute Gasteiger partial charge is 0.481 e. The molecule has 1 aromatic heterocycles. The number of carboxylic acids is 1. The molecule has 0 saturated carbocycles. The number of aryl methyl sites for hydroxylation is 1. The molecule has 0 saturated heterocycles. The second-order valence-electron chi connectivity index (χ2n) is 4.63. The summed E-state index contributed by atoms with van der Waals surface area (Å²) in [5.41, 5.74) is 1.46. The lowest BCUT2D eigenvalue weighted by molar-refractivity contribution is -0.133. The average Bonchev–Trinajstić information content (AvgIpc) is 2.82. The van der Waals surface area contributed by atoms with Crippen molar-refractivity contribution in [2.75, 3.05) is 18.1 Å². The van der Waals surface area contributed by atoms with E-state index >= 15 is 0 Å². The normalized spacial score (nSPS) is 10.8. The number of aromatic nitrogens is 2. The number of hydrogen-bond donors (Lipinski definition) is 2. The molecule has 0 fully saturated rings. The van der Waals surface area contributed by atoms with Crippen LogP contribution in [0.4, 0.5) is 0 Å². The summed E-state index contributed by atoms with van der Waals surface area (Å²) >= 11 is 1.28. The van der Waals surface area contributed by atoms with E-state index in [4.69, 9.17) is 5.11 Å². The molecule has 0 aliphatic rings. The van der Waals surface area contributed by atoms with Gasteiger partial charge in [-0.15, -0.1) is 11.8 Å². The molecule has 2 N–H and O–H groups in total. The Morgan fingerprint density at radius 1 is 1.50 bits per heavy atom. The van der Waals surface area contributed by atoms with Crippen LogP contribution in [0.25, 0.3) is 0 Å². The van der Waals surface area contributed by atoms with Gasteiger partial charge in [0.2, 0.25) is 0 Å². The average molecular weight is 299 g/mol. The van der Waals surface area contributed by atoms with E-state index in [1.807, 2.05) is 26.8 Å². The van der Waals surface area contributed by atoms with E-state index in [1.54, 1.807) is 4.68 Å². The third kappa shape index (κ3) is 4.88. The van der Waals surface area contributed by atoms with Crippen LogP contribution in [0.2, 0.25) is 0 Å². The molecule has 1 heterocycles. The first kappa shape index (κ1) is 16.6. The number of thioether (sulfide) groups is 1. The molecular formula is C13H21N3O3S. The van der Waals surface area contributed by atoms with Crippen molar-refractivity contribution in [3.05, 3.63) is 17.5 Å². The summed E-state index contributed by atoms with van der Waals surface area (Å²) in [6.45, 7) is 7.10. The zero-order valence-electron chi connectivity index (χ0n) is 12.0. The fourth-order valence-electron chi connectivity index (χ4n) is 1.63. The van der Waals surface area contributed by atoms with Crippen molar-refractivity contribution in [2.45, 2.75) is 33.2 Å². The van der Waals surface area contributed by atoms with Crippen LogP contribution in [0, 0.1) is 0 Å². The number of nitrogens with zero attached hydrogens (tertiary/aromatic N) is 2. The first-order chi connectivity index (χ1) is 9.45. The molecule has 1 aromatic rings. The van der Waals surface area contributed by atoms with Gasteiger partial charge in [-0.25, -0.2) is 0 Å². The Balaban J connectivity index is 2.52. The van der Waals surface area contributed by atoms with E-state index in [9.17, 15) is 9.59 Å². The van der Waals surface area contributed by atoms with Crippen molar-refractivity contribution >= 4 is 23.6 Å². The Morgan fingerprint density at radius 2 is 2.20 bits per heavy atom. The summed E-state index contributed by atoms with van der Waals surface area (Å²) in [5, 5.41) is 15.7. The van der Waals surface area contributed by atoms with Gasteiger partial charge in [0, 0.05) is 18.8 Å². The van der Waals surface area contributed by atoms with Crippen LogP contribution in [0.1, 0.15) is 42.9 Å². The number of nitrogens with one attached hydrogen (secondary N) is 1. The van der Waals surface area contributed by atoms with Crippen LogP contribution in [0.5, 0.6) is 0 Å². The Bertz CT molecular complexity index is 471. The number of amides is 1. The number of carbonyl (C=O) groups excluding carboxylic acids is 1. The maximum absolute atomic E-state index is 12.1. The number of carboxylic acid groups (broad SMARTS) is 1. The van der Waals surface area contributed by atoms with E-state index in [-0.39, 0.29) is 17.6 Å². The molecule has 0 aliphatic carbocycles. The van der Waals surface area contributed by atoms with Crippen molar-refractivity contribution in [2.24, 2.45) is 0 Å². The quantitative estimate of drug-likeness (QED) is 0.712. The van der Waals surface area contributed by atoms with Gasteiger partial charge in [-0.3, -0.25) is 14.3 Å². The van der Waals surface area contributed by atoms with E-state index in [1.165, 1.54) is 11.8 Å². The third-order valence-corrected chi connectivity index (χ3v) is 3.62. The van der Waals surface area contributed by atoms with E-state index in [2.05, 4.69) is 10.4 Å². The minimum atomic E-state index is -0.841. The molecule has 1 rings (SSSR count). The van der Waals surface area contributed by atoms with Crippen LogP contribution in [-0.2, 0) is 11.3 Å². The molecule has 0 spiro atoms. The van der Waals surface area contributed by atoms with Crippen LogP contribution in [0.3, 0.4) is 0 Å². The number of rotatable bonds is 8. The molecule has 0 bridgehead atoms. The minimum absolute atomic E-state index is 0.0558. The predicted octanol–water partition coefficient (Wildman–Crippen LogP) is 1.57. The molecule has 1 amide bonds. The number of aliphatic carboxylic acids is 1. The maximum atomic E-state index is 12.1. The molecule has 0 aromatic carbocycles. The van der Waals surface area contributed by atoms with Gasteiger partial charge in [0.05, 0.1) is 11.4 Å². The minimum Gasteiger partial charge on any atom is -0.481 e. The summed E-state index contributed by atoms with van der Waals surface area (Å²) in [4.78, 5) is 22.4. The summed E-state index contributed by atoms with van der Waals surface area (Å²) in [6.07, 6.45) is 0. The number of carbonyl (C=O) groups is 2. The lowest BCUT2D eigenvalue weighted by Crippen LogP contribution is -2.28. The SMILES string of the molecule is CCn1nc(C(C)C)cc1C(=O)NCCSCC(=O)O. The highest BCUT2D eigenvalue weighted by Crippen LogP contribution is 2.14. The van der Waals surface area contributed by atoms with Gasteiger partial charge >= 0.3 is 5.97 Å². The first-order valence-corrected chi connectivity index (χ1v) is 7.76. The summed E-state index contributed by atoms with van der Waals surface area (Å²) in [5.74, 6) is -0.0927. The lowest BCUT2D eigenvalue weighted by atomic mass is 10.1. The van der Waals surface area contributed by atoms with Crippen LogP contribution in [-0.4, -0.2) is 44.8 Å². The molecule has 6 nitrogen and oxygen atoms in total. The highest BCUT2D eigenvalue weighted by molar-refractivity contribution is 7.99. The molecule has 0 atom stereocenters. The molecular weight excluding hydrogens is 278 g/mol. The van der Waals surface area contributed by atoms with Gasteiger partial charge in [-0.1, -0.05) is 13.8 Å². The molecule has 0 unspecified atom stereocenters. The lowest BCUT2D eigenvalue weighted by Gasteiger charge is -2.05. The van der Waals surface area contributed by atoms with Crippen molar-refractivity contribution in [3.63, 3.8) is 0 Å². The summed E-state index contributed by atoms with van der Waals surface area (Å²) in [6, 6.07) is 1.81. The van der Waals surface area contributed by atoms with Crippen LogP contribution < -0.4 is 5.32 Å². The Morgan fingerprint density at radius 3 is 2.75 bits per heavy atom. The van der Waals surface area contributed by atoms with Gasteiger partial charge in [0.1, 0.15) is 5.69 Å². The summed E-state index contributed by atoms with van der Waals surface area (Å²) in [7, 11) is 0. The van der Waals surface area contributed by atoms with E-state index < -0.39 is 5.97 Å². The van der Waals surface area contributed by atoms with Gasteiger partial charge in [0.15, 0.2) is 0 Å². The standard InChI is InChI=1S/C13H21N3O3S/c1-4-16-11(7-10(15-16)9(2)3)13(19)14-5-6-20-8-12(17)18/h7,9H,4-6,8H2,1-3H3,(H,14,19)(H,17,18). The topological polar surface area (TPSA) is 84.2 Å². The molecule has 7 heteroatoms. The van der Waals surface area contributed by atoms with Crippen molar-refractivity contribution in [1.29, 1.82) is 0 Å². The molecule has 112 valence electrons. The Kier molecular flexibility index (Phi) is 6.57. The van der Waals surface area contributed by atoms with Crippen LogP contribution in [0.15, 0.2) is 6.07 Å². The third-order valence-electron chi connectivity index (χ3n) is 2.68.